The Kier molecular flexibility index (Phi) is 4.80. The van der Waals surface area contributed by atoms with E-state index in [1.165, 1.54) is 12.1 Å². The molecule has 0 bridgehead atoms. The second kappa shape index (κ2) is 7.36. The molecule has 0 aliphatic carbocycles. The van der Waals surface area contributed by atoms with Gasteiger partial charge in [-0.1, -0.05) is 18.2 Å². The normalized spacial score (nSPS) is 11.3. The van der Waals surface area contributed by atoms with Gasteiger partial charge in [0.15, 0.2) is 0 Å². The van der Waals surface area contributed by atoms with Crippen LogP contribution < -0.4 is 5.32 Å². The molecule has 130 valence electrons. The highest BCUT2D eigenvalue weighted by molar-refractivity contribution is 6.01. The molecule has 2 aromatic heterocycles. The molecular weight excluding hydrogens is 336 g/mol. The van der Waals surface area contributed by atoms with Crippen molar-refractivity contribution >= 4 is 28.8 Å². The molecule has 26 heavy (non-hydrogen) atoms. The number of amides is 1. The number of aromatic nitrogens is 1. The first-order valence-corrected chi connectivity index (χ1v) is 7.77. The molecule has 3 rings (SSSR count). The molecule has 0 saturated heterocycles. The largest absolute Gasteiger partial charge is 0.433 e. The van der Waals surface area contributed by atoms with E-state index in [1.54, 1.807) is 6.07 Å². The van der Waals surface area contributed by atoms with Crippen LogP contribution in [-0.2, 0) is 11.2 Å². The fourth-order valence-corrected chi connectivity index (χ4v) is 2.55. The molecule has 0 aliphatic rings. The highest BCUT2D eigenvalue weighted by Crippen LogP contribution is 2.19. The van der Waals surface area contributed by atoms with Gasteiger partial charge in [0, 0.05) is 29.7 Å². The summed E-state index contributed by atoms with van der Waals surface area (Å²) in [6.07, 6.45) is 3.66. The SMILES string of the molecule is N#C/C(=C/c1ccc([N+](=O)[O-])o1)C(=O)NCCc1c[nH]c2ccccc12. The molecular formula is C18H14N4O4. The van der Waals surface area contributed by atoms with Crippen molar-refractivity contribution in [1.82, 2.24) is 10.3 Å². The number of nitro groups is 1. The highest BCUT2D eigenvalue weighted by Gasteiger charge is 2.14. The zero-order valence-corrected chi connectivity index (χ0v) is 13.6. The maximum atomic E-state index is 12.1. The number of nitriles is 1. The summed E-state index contributed by atoms with van der Waals surface area (Å²) in [6.45, 7) is 0.345. The lowest BCUT2D eigenvalue weighted by atomic mass is 10.1. The fraction of sp³-hybridized carbons (Fsp3) is 0.111. The maximum Gasteiger partial charge on any atom is 0.433 e. The first-order chi connectivity index (χ1) is 12.6. The van der Waals surface area contributed by atoms with Gasteiger partial charge in [-0.3, -0.25) is 14.9 Å². The number of H-pyrrole nitrogens is 1. The average Bonchev–Trinajstić information content (AvgIpc) is 3.27. The summed E-state index contributed by atoms with van der Waals surface area (Å²) in [5, 5.41) is 23.5. The number of para-hydroxylation sites is 1. The third kappa shape index (κ3) is 3.62. The van der Waals surface area contributed by atoms with Crippen molar-refractivity contribution in [1.29, 1.82) is 5.26 Å². The van der Waals surface area contributed by atoms with E-state index in [4.69, 9.17) is 9.68 Å². The quantitative estimate of drug-likeness (QED) is 0.306. The molecule has 0 fully saturated rings. The number of carbonyl (C=O) groups excluding carboxylic acids is 1. The molecule has 1 amide bonds. The van der Waals surface area contributed by atoms with Crippen LogP contribution in [0.25, 0.3) is 17.0 Å². The topological polar surface area (TPSA) is 125 Å². The summed E-state index contributed by atoms with van der Waals surface area (Å²) in [4.78, 5) is 25.2. The van der Waals surface area contributed by atoms with Crippen LogP contribution in [0.2, 0.25) is 0 Å². The number of fused-ring (bicyclic) bond motifs is 1. The number of aromatic amines is 1. The van der Waals surface area contributed by atoms with Crippen molar-refractivity contribution in [2.24, 2.45) is 0 Å². The lowest BCUT2D eigenvalue weighted by Crippen LogP contribution is -2.26. The van der Waals surface area contributed by atoms with Crippen molar-refractivity contribution < 1.29 is 14.1 Å². The summed E-state index contributed by atoms with van der Waals surface area (Å²) in [7, 11) is 0. The summed E-state index contributed by atoms with van der Waals surface area (Å²) in [5.41, 5.74) is 1.89. The molecule has 0 unspecified atom stereocenters. The third-order valence-electron chi connectivity index (χ3n) is 3.80. The molecule has 8 heteroatoms. The lowest BCUT2D eigenvalue weighted by Gasteiger charge is -2.03. The summed E-state index contributed by atoms with van der Waals surface area (Å²) in [5.74, 6) is -0.945. The van der Waals surface area contributed by atoms with Crippen LogP contribution in [0.15, 0.2) is 52.6 Å². The Morgan fingerprint density at radius 2 is 2.15 bits per heavy atom. The first kappa shape index (κ1) is 17.0. The average molecular weight is 350 g/mol. The van der Waals surface area contributed by atoms with Gasteiger partial charge in [-0.05, 0) is 24.1 Å². The van der Waals surface area contributed by atoms with Gasteiger partial charge in [-0.25, -0.2) is 0 Å². The third-order valence-corrected chi connectivity index (χ3v) is 3.80. The van der Waals surface area contributed by atoms with Crippen LogP contribution >= 0.6 is 0 Å². The molecule has 0 atom stereocenters. The summed E-state index contributed by atoms with van der Waals surface area (Å²) < 4.78 is 4.93. The number of hydrogen-bond acceptors (Lipinski definition) is 5. The Bertz CT molecular complexity index is 1040. The Labute approximate surface area is 147 Å². The Balaban J connectivity index is 1.63. The van der Waals surface area contributed by atoms with Crippen molar-refractivity contribution in [3.8, 4) is 6.07 Å². The predicted molar refractivity (Wildman–Crippen MR) is 94.0 cm³/mol. The second-order valence-electron chi connectivity index (χ2n) is 5.47. The Morgan fingerprint density at radius 3 is 2.88 bits per heavy atom. The number of nitrogens with one attached hydrogen (secondary N) is 2. The minimum Gasteiger partial charge on any atom is -0.401 e. The van der Waals surface area contributed by atoms with E-state index >= 15 is 0 Å². The Hall–Kier alpha value is -3.86. The van der Waals surface area contributed by atoms with Gasteiger partial charge >= 0.3 is 5.88 Å². The molecule has 2 heterocycles. The van der Waals surface area contributed by atoms with Crippen LogP contribution in [0.3, 0.4) is 0 Å². The van der Waals surface area contributed by atoms with Crippen molar-refractivity contribution in [3.05, 3.63) is 69.6 Å². The van der Waals surface area contributed by atoms with Gasteiger partial charge < -0.3 is 14.7 Å². The van der Waals surface area contributed by atoms with Crippen molar-refractivity contribution in [3.63, 3.8) is 0 Å². The molecule has 8 nitrogen and oxygen atoms in total. The number of hydrogen-bond donors (Lipinski definition) is 2. The predicted octanol–water partition coefficient (Wildman–Crippen LogP) is 2.93. The molecule has 3 aromatic rings. The van der Waals surface area contributed by atoms with E-state index in [-0.39, 0.29) is 11.3 Å². The minimum absolute atomic E-state index is 0.0695. The molecule has 2 N–H and O–H groups in total. The van der Waals surface area contributed by atoms with E-state index in [0.717, 1.165) is 22.5 Å². The molecule has 1 aromatic carbocycles. The van der Waals surface area contributed by atoms with Gasteiger partial charge in [-0.15, -0.1) is 0 Å². The standard InChI is InChI=1S/C18H14N4O4/c19-10-13(9-14-5-6-17(26-14)22(24)25)18(23)20-8-7-12-11-21-16-4-2-1-3-15(12)16/h1-6,9,11,21H,7-8H2,(H,20,23)/b13-9-. The maximum absolute atomic E-state index is 12.1. The Morgan fingerprint density at radius 1 is 1.35 bits per heavy atom. The number of rotatable bonds is 6. The first-order valence-electron chi connectivity index (χ1n) is 7.77. The monoisotopic (exact) mass is 350 g/mol. The van der Waals surface area contributed by atoms with E-state index < -0.39 is 16.7 Å². The molecule has 0 spiro atoms. The zero-order chi connectivity index (χ0) is 18.5. The van der Waals surface area contributed by atoms with Gasteiger partial charge in [-0.2, -0.15) is 5.26 Å². The number of benzene rings is 1. The number of carbonyl (C=O) groups is 1. The van der Waals surface area contributed by atoms with Crippen molar-refractivity contribution in [2.75, 3.05) is 6.54 Å². The lowest BCUT2D eigenvalue weighted by molar-refractivity contribution is -0.402. The smallest absolute Gasteiger partial charge is 0.401 e. The van der Waals surface area contributed by atoms with Gasteiger partial charge in [0.25, 0.3) is 5.91 Å². The van der Waals surface area contributed by atoms with E-state index in [1.807, 2.05) is 30.5 Å². The molecule has 0 aliphatic heterocycles. The van der Waals surface area contributed by atoms with E-state index in [2.05, 4.69) is 10.3 Å². The summed E-state index contributed by atoms with van der Waals surface area (Å²) in [6, 6.07) is 12.1. The van der Waals surface area contributed by atoms with Crippen LogP contribution in [0, 0.1) is 21.4 Å². The van der Waals surface area contributed by atoms with Gasteiger partial charge in [0.1, 0.15) is 22.3 Å². The number of nitrogens with zero attached hydrogens (tertiary/aromatic N) is 2. The molecule has 0 radical (unpaired) electrons. The van der Waals surface area contributed by atoms with Crippen LogP contribution in [0.1, 0.15) is 11.3 Å². The second-order valence-corrected chi connectivity index (χ2v) is 5.47. The van der Waals surface area contributed by atoms with Crippen LogP contribution in [-0.4, -0.2) is 22.4 Å². The summed E-state index contributed by atoms with van der Waals surface area (Å²) >= 11 is 0. The molecule has 0 saturated carbocycles. The highest BCUT2D eigenvalue weighted by atomic mass is 16.6. The van der Waals surface area contributed by atoms with E-state index in [0.29, 0.717) is 13.0 Å². The van der Waals surface area contributed by atoms with Crippen LogP contribution in [0.4, 0.5) is 5.88 Å². The van der Waals surface area contributed by atoms with Gasteiger partial charge in [0.2, 0.25) is 0 Å². The van der Waals surface area contributed by atoms with Crippen molar-refractivity contribution in [2.45, 2.75) is 6.42 Å². The fourth-order valence-electron chi connectivity index (χ4n) is 2.55. The number of furan rings is 1. The zero-order valence-electron chi connectivity index (χ0n) is 13.6. The minimum atomic E-state index is -0.690. The van der Waals surface area contributed by atoms with Crippen LogP contribution in [0.5, 0.6) is 0 Å². The van der Waals surface area contributed by atoms with Gasteiger partial charge in [0.05, 0.1) is 6.07 Å². The van der Waals surface area contributed by atoms with E-state index in [9.17, 15) is 14.9 Å².